The summed E-state index contributed by atoms with van der Waals surface area (Å²) in [6, 6.07) is 11.0. The molecule has 2 aromatic carbocycles. The van der Waals surface area contributed by atoms with Crippen LogP contribution in [0.4, 0.5) is 11.4 Å². The van der Waals surface area contributed by atoms with Gasteiger partial charge in [-0.3, -0.25) is 9.59 Å². The minimum Gasteiger partial charge on any atom is -0.318 e. The number of rotatable bonds is 2. The summed E-state index contributed by atoms with van der Waals surface area (Å²) in [6.45, 7) is 0. The van der Waals surface area contributed by atoms with Crippen LogP contribution in [0.3, 0.4) is 0 Å². The molecule has 4 nitrogen and oxygen atoms in total. The number of hydrogen-bond donors (Lipinski definition) is 2. The second kappa shape index (κ2) is 6.80. The van der Waals surface area contributed by atoms with E-state index < -0.39 is 11.8 Å². The zero-order chi connectivity index (χ0) is 15.4. The lowest BCUT2D eigenvalue weighted by Crippen LogP contribution is -2.29. The Kier molecular flexibility index (Phi) is 5.07. The lowest BCUT2D eigenvalue weighted by Gasteiger charge is -2.08. The van der Waals surface area contributed by atoms with E-state index in [4.69, 9.17) is 34.8 Å². The summed E-state index contributed by atoms with van der Waals surface area (Å²) >= 11 is 17.5. The molecular weight excluding hydrogens is 335 g/mol. The SMILES string of the molecule is O=C(Nc1cccc(Cl)c1)C(=O)Nc1cc(Cl)ccc1Cl. The summed E-state index contributed by atoms with van der Waals surface area (Å²) in [4.78, 5) is 23.6. The van der Waals surface area contributed by atoms with Crippen molar-refractivity contribution >= 4 is 58.0 Å². The van der Waals surface area contributed by atoms with Crippen LogP contribution in [-0.4, -0.2) is 11.8 Å². The molecule has 2 aromatic rings. The molecule has 0 heterocycles. The Morgan fingerprint density at radius 1 is 0.810 bits per heavy atom. The number of carbonyl (C=O) groups is 2. The van der Waals surface area contributed by atoms with E-state index in [1.54, 1.807) is 24.3 Å². The first kappa shape index (κ1) is 15.6. The summed E-state index contributed by atoms with van der Waals surface area (Å²) in [5.74, 6) is -1.70. The van der Waals surface area contributed by atoms with Gasteiger partial charge in [-0.15, -0.1) is 0 Å². The fourth-order valence-corrected chi connectivity index (χ4v) is 2.05. The van der Waals surface area contributed by atoms with Crippen LogP contribution in [0.2, 0.25) is 15.1 Å². The normalized spacial score (nSPS) is 10.0. The highest BCUT2D eigenvalue weighted by atomic mass is 35.5. The van der Waals surface area contributed by atoms with Crippen LogP contribution in [-0.2, 0) is 9.59 Å². The van der Waals surface area contributed by atoms with E-state index in [0.29, 0.717) is 15.7 Å². The number of amides is 2. The van der Waals surface area contributed by atoms with Gasteiger partial charge in [-0.1, -0.05) is 40.9 Å². The van der Waals surface area contributed by atoms with Gasteiger partial charge in [-0.05, 0) is 36.4 Å². The number of benzene rings is 2. The number of nitrogens with one attached hydrogen (secondary N) is 2. The Labute approximate surface area is 136 Å². The van der Waals surface area contributed by atoms with E-state index in [1.165, 1.54) is 18.2 Å². The molecule has 108 valence electrons. The quantitative estimate of drug-likeness (QED) is 0.802. The van der Waals surface area contributed by atoms with Crippen molar-refractivity contribution in [1.82, 2.24) is 0 Å². The summed E-state index contributed by atoms with van der Waals surface area (Å²) < 4.78 is 0. The zero-order valence-electron chi connectivity index (χ0n) is 10.5. The molecule has 0 aliphatic rings. The molecule has 0 fully saturated rings. The third-order valence-corrected chi connectivity index (χ3v) is 3.27. The topological polar surface area (TPSA) is 58.2 Å². The van der Waals surface area contributed by atoms with E-state index >= 15 is 0 Å². The van der Waals surface area contributed by atoms with Crippen molar-refractivity contribution in [1.29, 1.82) is 0 Å². The van der Waals surface area contributed by atoms with Gasteiger partial charge in [0.15, 0.2) is 0 Å². The van der Waals surface area contributed by atoms with E-state index in [1.807, 2.05) is 0 Å². The van der Waals surface area contributed by atoms with Crippen molar-refractivity contribution in [3.05, 3.63) is 57.5 Å². The first-order valence-corrected chi connectivity index (χ1v) is 6.92. The highest BCUT2D eigenvalue weighted by molar-refractivity contribution is 6.45. The Morgan fingerprint density at radius 3 is 2.19 bits per heavy atom. The summed E-state index contributed by atoms with van der Waals surface area (Å²) in [5, 5.41) is 5.94. The first-order valence-electron chi connectivity index (χ1n) is 5.78. The highest BCUT2D eigenvalue weighted by Crippen LogP contribution is 2.25. The molecule has 0 spiro atoms. The smallest absolute Gasteiger partial charge is 0.314 e. The van der Waals surface area contributed by atoms with Crippen molar-refractivity contribution in [2.45, 2.75) is 0 Å². The third kappa shape index (κ3) is 4.36. The zero-order valence-corrected chi connectivity index (χ0v) is 12.8. The summed E-state index contributed by atoms with van der Waals surface area (Å²) in [6.07, 6.45) is 0. The number of hydrogen-bond acceptors (Lipinski definition) is 2. The molecule has 0 radical (unpaired) electrons. The Balaban J connectivity index is 2.06. The molecule has 21 heavy (non-hydrogen) atoms. The molecule has 0 saturated heterocycles. The maximum absolute atomic E-state index is 11.8. The van der Waals surface area contributed by atoms with Gasteiger partial charge in [0, 0.05) is 15.7 Å². The lowest BCUT2D eigenvalue weighted by atomic mass is 10.3. The van der Waals surface area contributed by atoms with Crippen molar-refractivity contribution in [3.8, 4) is 0 Å². The van der Waals surface area contributed by atoms with Crippen LogP contribution < -0.4 is 10.6 Å². The third-order valence-electron chi connectivity index (χ3n) is 2.47. The average Bonchev–Trinajstić information content (AvgIpc) is 2.43. The minimum atomic E-state index is -0.862. The van der Waals surface area contributed by atoms with Gasteiger partial charge in [-0.25, -0.2) is 0 Å². The number of carbonyl (C=O) groups excluding carboxylic acids is 2. The predicted octanol–water partition coefficient (Wildman–Crippen LogP) is 4.22. The van der Waals surface area contributed by atoms with Crippen LogP contribution in [0.15, 0.2) is 42.5 Å². The van der Waals surface area contributed by atoms with Gasteiger partial charge in [0.05, 0.1) is 10.7 Å². The van der Waals surface area contributed by atoms with Crippen LogP contribution in [0.5, 0.6) is 0 Å². The van der Waals surface area contributed by atoms with E-state index in [-0.39, 0.29) is 10.7 Å². The maximum Gasteiger partial charge on any atom is 0.314 e. The molecular formula is C14H9Cl3N2O2. The monoisotopic (exact) mass is 342 g/mol. The van der Waals surface area contributed by atoms with Gasteiger partial charge in [0.2, 0.25) is 0 Å². The first-order chi connectivity index (χ1) is 9.95. The Morgan fingerprint density at radius 2 is 1.48 bits per heavy atom. The summed E-state index contributed by atoms with van der Waals surface area (Å²) in [7, 11) is 0. The van der Waals surface area contributed by atoms with Crippen molar-refractivity contribution in [2.75, 3.05) is 10.6 Å². The molecule has 2 N–H and O–H groups in total. The molecule has 0 aliphatic carbocycles. The Bertz CT molecular complexity index is 704. The molecule has 0 aliphatic heterocycles. The average molecular weight is 344 g/mol. The molecule has 0 unspecified atom stereocenters. The number of anilines is 2. The second-order valence-electron chi connectivity index (χ2n) is 4.04. The van der Waals surface area contributed by atoms with Crippen molar-refractivity contribution in [2.24, 2.45) is 0 Å². The molecule has 0 atom stereocenters. The van der Waals surface area contributed by atoms with Gasteiger partial charge < -0.3 is 10.6 Å². The van der Waals surface area contributed by atoms with Crippen LogP contribution in [0.25, 0.3) is 0 Å². The molecule has 2 amide bonds. The van der Waals surface area contributed by atoms with Gasteiger partial charge in [0.1, 0.15) is 0 Å². The second-order valence-corrected chi connectivity index (χ2v) is 5.32. The van der Waals surface area contributed by atoms with Crippen molar-refractivity contribution < 1.29 is 9.59 Å². The fourth-order valence-electron chi connectivity index (χ4n) is 1.53. The largest absolute Gasteiger partial charge is 0.318 e. The molecule has 2 rings (SSSR count). The fraction of sp³-hybridized carbons (Fsp3) is 0. The van der Waals surface area contributed by atoms with Crippen LogP contribution in [0, 0.1) is 0 Å². The van der Waals surface area contributed by atoms with Crippen molar-refractivity contribution in [3.63, 3.8) is 0 Å². The Hall–Kier alpha value is -1.75. The maximum atomic E-state index is 11.8. The highest BCUT2D eigenvalue weighted by Gasteiger charge is 2.15. The van der Waals surface area contributed by atoms with Crippen LogP contribution in [0.1, 0.15) is 0 Å². The van der Waals surface area contributed by atoms with Gasteiger partial charge in [0.25, 0.3) is 0 Å². The molecule has 0 saturated carbocycles. The van der Waals surface area contributed by atoms with E-state index in [2.05, 4.69) is 10.6 Å². The summed E-state index contributed by atoms with van der Waals surface area (Å²) in [5.41, 5.74) is 0.676. The van der Waals surface area contributed by atoms with Gasteiger partial charge >= 0.3 is 11.8 Å². The standard InChI is InChI=1S/C14H9Cl3N2O2/c15-8-2-1-3-10(6-8)18-13(20)14(21)19-12-7-9(16)4-5-11(12)17/h1-7H,(H,18,20)(H,19,21). The number of halogens is 3. The van der Waals surface area contributed by atoms with E-state index in [9.17, 15) is 9.59 Å². The molecule has 0 bridgehead atoms. The molecule has 0 aromatic heterocycles. The van der Waals surface area contributed by atoms with E-state index in [0.717, 1.165) is 0 Å². The predicted molar refractivity (Wildman–Crippen MR) is 85.2 cm³/mol. The van der Waals surface area contributed by atoms with Gasteiger partial charge in [-0.2, -0.15) is 0 Å². The lowest BCUT2D eigenvalue weighted by molar-refractivity contribution is -0.132. The van der Waals surface area contributed by atoms with Crippen LogP contribution >= 0.6 is 34.8 Å². The minimum absolute atomic E-state index is 0.260. The molecule has 7 heteroatoms.